The Morgan fingerprint density at radius 1 is 1.32 bits per heavy atom. The molecule has 0 spiro atoms. The van der Waals surface area contributed by atoms with E-state index < -0.39 is 10.0 Å². The summed E-state index contributed by atoms with van der Waals surface area (Å²) in [4.78, 5) is 4.35. The molecule has 0 amide bonds. The molecular weight excluding hydrogens is 340 g/mol. The van der Waals surface area contributed by atoms with Gasteiger partial charge in [-0.3, -0.25) is 10.0 Å². The Morgan fingerprint density at radius 2 is 2.05 bits per heavy atom. The van der Waals surface area contributed by atoms with Crippen molar-refractivity contribution in [2.75, 3.05) is 11.0 Å². The van der Waals surface area contributed by atoms with Gasteiger partial charge in [-0.1, -0.05) is 11.8 Å². The van der Waals surface area contributed by atoms with E-state index in [9.17, 15) is 8.42 Å². The fourth-order valence-electron chi connectivity index (χ4n) is 1.52. The van der Waals surface area contributed by atoms with E-state index in [1.807, 2.05) is 0 Å². The molecule has 0 saturated carbocycles. The number of hydrogen-bond donors (Lipinski definition) is 2. The lowest BCUT2D eigenvalue weighted by Gasteiger charge is -2.06. The zero-order valence-electron chi connectivity index (χ0n) is 11.5. The molecule has 2 N–H and O–H groups in total. The van der Waals surface area contributed by atoms with Crippen molar-refractivity contribution in [3.05, 3.63) is 41.8 Å². The largest absolute Gasteiger partial charge is 0.271 e. The number of aliphatic imine (C=N–C) groups is 1. The second kappa shape index (κ2) is 7.31. The molecule has 9 heteroatoms. The number of nitrogens with zero attached hydrogens (tertiary/aromatic N) is 2. The van der Waals surface area contributed by atoms with Crippen LogP contribution >= 0.6 is 23.1 Å². The van der Waals surface area contributed by atoms with Gasteiger partial charge in [0.25, 0.3) is 10.0 Å². The van der Waals surface area contributed by atoms with Crippen LogP contribution in [0.1, 0.15) is 0 Å². The molecule has 2 aromatic rings. The van der Waals surface area contributed by atoms with E-state index in [1.54, 1.807) is 42.1 Å². The van der Waals surface area contributed by atoms with Crippen LogP contribution in [0.25, 0.3) is 0 Å². The number of benzene rings is 1. The predicted octanol–water partition coefficient (Wildman–Crippen LogP) is 2.97. The lowest BCUT2D eigenvalue weighted by atomic mass is 10.3. The van der Waals surface area contributed by atoms with E-state index in [0.717, 1.165) is 0 Å². The first-order valence-corrected chi connectivity index (χ1v) is 9.58. The van der Waals surface area contributed by atoms with Gasteiger partial charge in [0, 0.05) is 0 Å². The molecule has 0 fully saturated rings. The van der Waals surface area contributed by atoms with Crippen molar-refractivity contribution < 1.29 is 8.42 Å². The zero-order valence-corrected chi connectivity index (χ0v) is 13.9. The van der Waals surface area contributed by atoms with Crippen LogP contribution in [-0.4, -0.2) is 19.8 Å². The first kappa shape index (κ1) is 16.4. The molecule has 0 aliphatic carbocycles. The van der Waals surface area contributed by atoms with Gasteiger partial charge < -0.3 is 0 Å². The van der Waals surface area contributed by atoms with Gasteiger partial charge in [-0.2, -0.15) is 5.26 Å². The van der Waals surface area contributed by atoms with E-state index in [0.29, 0.717) is 15.9 Å². The summed E-state index contributed by atoms with van der Waals surface area (Å²) in [5.41, 5.74) is 0.558. The maximum atomic E-state index is 12.2. The van der Waals surface area contributed by atoms with Gasteiger partial charge in [-0.05, 0) is 48.0 Å². The van der Waals surface area contributed by atoms with Crippen LogP contribution in [0.5, 0.6) is 0 Å². The lowest BCUT2D eigenvalue weighted by molar-refractivity contribution is 0.601. The van der Waals surface area contributed by atoms with Crippen molar-refractivity contribution in [2.24, 2.45) is 4.99 Å². The summed E-state index contributed by atoms with van der Waals surface area (Å²) in [5, 5.41) is 13.8. The third-order valence-corrected chi connectivity index (χ3v) is 5.37. The van der Waals surface area contributed by atoms with Gasteiger partial charge in [0.2, 0.25) is 0 Å². The minimum atomic E-state index is -3.61. The van der Waals surface area contributed by atoms with Crippen molar-refractivity contribution in [3.8, 4) is 6.19 Å². The number of nitriles is 1. The van der Waals surface area contributed by atoms with Gasteiger partial charge in [-0.15, -0.1) is 11.3 Å². The third kappa shape index (κ3) is 4.24. The molecule has 6 nitrogen and oxygen atoms in total. The number of amidine groups is 1. The molecule has 0 saturated heterocycles. The Morgan fingerprint density at radius 3 is 2.59 bits per heavy atom. The topological polar surface area (TPSA) is 94.3 Å². The molecule has 114 valence electrons. The smallest absolute Gasteiger partial charge is 0.262 e. The number of nitrogens with one attached hydrogen (secondary N) is 2. The van der Waals surface area contributed by atoms with E-state index in [1.165, 1.54) is 35.2 Å². The van der Waals surface area contributed by atoms with E-state index in [4.69, 9.17) is 5.26 Å². The van der Waals surface area contributed by atoms with Crippen molar-refractivity contribution >= 4 is 49.0 Å². The van der Waals surface area contributed by atoms with Crippen LogP contribution in [0.15, 0.2) is 51.7 Å². The second-order valence-corrected chi connectivity index (χ2v) is 7.36. The van der Waals surface area contributed by atoms with Gasteiger partial charge in [0.1, 0.15) is 5.00 Å². The minimum absolute atomic E-state index is 0.152. The van der Waals surface area contributed by atoms with E-state index in [-0.39, 0.29) is 4.90 Å². The summed E-state index contributed by atoms with van der Waals surface area (Å²) in [6.45, 7) is 0. The molecule has 22 heavy (non-hydrogen) atoms. The fraction of sp³-hybridized carbons (Fsp3) is 0.0769. The first-order chi connectivity index (χ1) is 10.5. The average molecular weight is 352 g/mol. The Hall–Kier alpha value is -2.02. The van der Waals surface area contributed by atoms with Crippen LogP contribution in [0.3, 0.4) is 0 Å². The minimum Gasteiger partial charge on any atom is -0.271 e. The molecule has 0 radical (unpaired) electrons. The van der Waals surface area contributed by atoms with Crippen LogP contribution in [-0.2, 0) is 10.0 Å². The summed E-state index contributed by atoms with van der Waals surface area (Å²) in [6.07, 6.45) is 3.58. The lowest BCUT2D eigenvalue weighted by Crippen LogP contribution is -2.12. The first-order valence-electron chi connectivity index (χ1n) is 5.99. The summed E-state index contributed by atoms with van der Waals surface area (Å²) in [7, 11) is -3.61. The molecule has 0 bridgehead atoms. The Balaban J connectivity index is 2.20. The van der Waals surface area contributed by atoms with Crippen molar-refractivity contribution in [3.63, 3.8) is 0 Å². The number of rotatable bonds is 4. The maximum Gasteiger partial charge on any atom is 0.262 e. The highest BCUT2D eigenvalue weighted by atomic mass is 32.2. The van der Waals surface area contributed by atoms with E-state index in [2.05, 4.69) is 15.0 Å². The average Bonchev–Trinajstić information content (AvgIpc) is 2.99. The molecule has 0 unspecified atom stereocenters. The van der Waals surface area contributed by atoms with Crippen LogP contribution in [0, 0.1) is 11.5 Å². The molecule has 0 aliphatic heterocycles. The molecule has 2 rings (SSSR count). The monoisotopic (exact) mass is 352 g/mol. The van der Waals surface area contributed by atoms with E-state index >= 15 is 0 Å². The Kier molecular flexibility index (Phi) is 5.43. The molecule has 1 aromatic carbocycles. The van der Waals surface area contributed by atoms with Crippen molar-refractivity contribution in [1.82, 2.24) is 5.32 Å². The van der Waals surface area contributed by atoms with Crippen LogP contribution < -0.4 is 10.0 Å². The molecule has 1 aromatic heterocycles. The number of sulfonamides is 1. The van der Waals surface area contributed by atoms with Gasteiger partial charge >= 0.3 is 0 Å². The Bertz CT molecular complexity index is 791. The summed E-state index contributed by atoms with van der Waals surface area (Å²) >= 11 is 2.60. The fourth-order valence-corrected chi connectivity index (χ4v) is 3.79. The maximum absolute atomic E-state index is 12.2. The van der Waals surface area contributed by atoms with Crippen molar-refractivity contribution in [2.45, 2.75) is 4.90 Å². The summed E-state index contributed by atoms with van der Waals surface area (Å²) < 4.78 is 26.9. The number of anilines is 1. The third-order valence-electron chi connectivity index (χ3n) is 2.49. The number of thiophene rings is 1. The van der Waals surface area contributed by atoms with Gasteiger partial charge in [0.05, 0.1) is 10.6 Å². The normalized spacial score (nSPS) is 11.7. The standard InChI is InChI=1S/C13H12N4O2S3/c1-20-13(15-9-14)16-10-4-6-11(7-5-10)22(18,19)17-12-3-2-8-21-12/h2-8,17H,1H3,(H,15,16). The summed E-state index contributed by atoms with van der Waals surface area (Å²) in [6, 6.07) is 9.57. The molecule has 1 heterocycles. The zero-order chi connectivity index (χ0) is 16.0. The van der Waals surface area contributed by atoms with Crippen LogP contribution in [0.4, 0.5) is 10.7 Å². The second-order valence-electron chi connectivity index (χ2n) is 3.93. The SMILES string of the molecule is CSC(=Nc1ccc(S(=O)(=O)Nc2cccs2)cc1)NC#N. The number of thioether (sulfide) groups is 1. The highest BCUT2D eigenvalue weighted by molar-refractivity contribution is 8.13. The van der Waals surface area contributed by atoms with Crippen LogP contribution in [0.2, 0.25) is 0 Å². The Labute approximate surface area is 136 Å². The summed E-state index contributed by atoms with van der Waals surface area (Å²) in [5.74, 6) is 0. The quantitative estimate of drug-likeness (QED) is 0.382. The molecule has 0 aliphatic rings. The number of hydrogen-bond acceptors (Lipinski definition) is 6. The van der Waals surface area contributed by atoms with Crippen molar-refractivity contribution in [1.29, 1.82) is 5.26 Å². The van der Waals surface area contributed by atoms with Gasteiger partial charge in [0.15, 0.2) is 11.4 Å². The predicted molar refractivity (Wildman–Crippen MR) is 90.9 cm³/mol. The molecule has 0 atom stereocenters. The van der Waals surface area contributed by atoms with Gasteiger partial charge in [-0.25, -0.2) is 13.4 Å². The highest BCUT2D eigenvalue weighted by Crippen LogP contribution is 2.22. The molecular formula is C13H12N4O2S3. The highest BCUT2D eigenvalue weighted by Gasteiger charge is 2.14.